The topological polar surface area (TPSA) is 61.7 Å². The van der Waals surface area contributed by atoms with E-state index in [0.717, 1.165) is 11.8 Å². The number of carbonyl (C=O) groups is 1. The molecule has 0 fully saturated rings. The van der Waals surface area contributed by atoms with Crippen molar-refractivity contribution in [3.8, 4) is 0 Å². The Morgan fingerprint density at radius 3 is 2.53 bits per heavy atom. The van der Waals surface area contributed by atoms with E-state index >= 15 is 0 Å². The average molecular weight is 208 g/mol. The number of carbonyl (C=O) groups excluding carboxylic acids is 1. The summed E-state index contributed by atoms with van der Waals surface area (Å²) in [4.78, 5) is 10.9. The van der Waals surface area contributed by atoms with Crippen molar-refractivity contribution in [2.24, 2.45) is 5.16 Å². The molecule has 0 aliphatic carbocycles. The minimum absolute atomic E-state index is 0.447. The highest BCUT2D eigenvalue weighted by Gasteiger charge is 1.99. The number of nitrogens with one attached hydrogen (secondary N) is 1. The number of oxime groups is 1. The van der Waals surface area contributed by atoms with Crippen LogP contribution in [-0.4, -0.2) is 17.3 Å². The van der Waals surface area contributed by atoms with Gasteiger partial charge in [-0.05, 0) is 18.6 Å². The highest BCUT2D eigenvalue weighted by Crippen LogP contribution is 2.12. The number of nitrogens with zero attached hydrogens (tertiary/aromatic N) is 1. The van der Waals surface area contributed by atoms with E-state index in [1.165, 1.54) is 0 Å². The molecule has 2 N–H and O–H groups in total. The van der Waals surface area contributed by atoms with Crippen LogP contribution in [0.15, 0.2) is 29.4 Å². The van der Waals surface area contributed by atoms with Gasteiger partial charge in [0.1, 0.15) is 6.21 Å². The zero-order valence-corrected chi connectivity index (χ0v) is 9.19. The lowest BCUT2D eigenvalue weighted by Gasteiger charge is -2.04. The molecule has 0 spiro atoms. The molecular formula is C11H16N2O2. The quantitative estimate of drug-likeness (QED) is 0.445. The predicted molar refractivity (Wildman–Crippen MR) is 61.4 cm³/mol. The number of hydrogen-bond donors (Lipinski definition) is 2. The maximum atomic E-state index is 10.9. The molecule has 0 radical (unpaired) electrons. The number of rotatable bonds is 2. The van der Waals surface area contributed by atoms with Crippen LogP contribution in [0.5, 0.6) is 0 Å². The fourth-order valence-electron chi connectivity index (χ4n) is 0.931. The van der Waals surface area contributed by atoms with Gasteiger partial charge in [-0.25, -0.2) is 0 Å². The van der Waals surface area contributed by atoms with Crippen LogP contribution in [-0.2, 0) is 4.79 Å². The molecule has 1 amide bonds. The second-order valence-corrected chi connectivity index (χ2v) is 2.55. The molecule has 0 bridgehead atoms. The van der Waals surface area contributed by atoms with Gasteiger partial charge in [-0.15, -0.1) is 0 Å². The van der Waals surface area contributed by atoms with E-state index in [2.05, 4.69) is 10.5 Å². The summed E-state index contributed by atoms with van der Waals surface area (Å²) < 4.78 is 0. The molecule has 1 aromatic rings. The second-order valence-electron chi connectivity index (χ2n) is 2.55. The van der Waals surface area contributed by atoms with Crippen molar-refractivity contribution in [3.63, 3.8) is 0 Å². The Morgan fingerprint density at radius 1 is 1.40 bits per heavy atom. The van der Waals surface area contributed by atoms with Crippen molar-refractivity contribution in [3.05, 3.63) is 29.8 Å². The molecule has 0 aromatic heterocycles. The number of hydrogen-bond acceptors (Lipinski definition) is 3. The zero-order chi connectivity index (χ0) is 11.7. The van der Waals surface area contributed by atoms with Gasteiger partial charge in [-0.3, -0.25) is 4.79 Å². The van der Waals surface area contributed by atoms with Crippen LogP contribution < -0.4 is 5.32 Å². The van der Waals surface area contributed by atoms with E-state index in [1.54, 1.807) is 6.07 Å². The molecule has 15 heavy (non-hydrogen) atoms. The lowest BCUT2D eigenvalue weighted by molar-refractivity contribution is -0.110. The van der Waals surface area contributed by atoms with Crippen LogP contribution >= 0.6 is 0 Å². The molecule has 0 saturated carbocycles. The Labute approximate surface area is 89.6 Å². The Balaban J connectivity index is 0.000000921. The molecule has 0 heterocycles. The first kappa shape index (κ1) is 13.2. The Hall–Kier alpha value is -1.84. The van der Waals surface area contributed by atoms with E-state index in [4.69, 9.17) is 5.21 Å². The molecule has 4 heteroatoms. The summed E-state index contributed by atoms with van der Waals surface area (Å²) in [5, 5.41) is 13.3. The van der Waals surface area contributed by atoms with Crippen LogP contribution in [0.3, 0.4) is 0 Å². The molecule has 0 aliphatic heterocycles. The van der Waals surface area contributed by atoms with Gasteiger partial charge < -0.3 is 10.5 Å². The fraction of sp³-hybridized carbons (Fsp3) is 0.273. The summed E-state index contributed by atoms with van der Waals surface area (Å²) in [5.41, 5.74) is 1.68. The largest absolute Gasteiger partial charge is 0.411 e. The highest BCUT2D eigenvalue weighted by molar-refractivity contribution is 6.31. The summed E-state index contributed by atoms with van der Waals surface area (Å²) >= 11 is 0. The monoisotopic (exact) mass is 208 g/mol. The van der Waals surface area contributed by atoms with Gasteiger partial charge in [-0.1, -0.05) is 37.2 Å². The molecule has 0 unspecified atom stereocenters. The number of para-hydroxylation sites is 1. The maximum Gasteiger partial charge on any atom is 0.270 e. The summed E-state index contributed by atoms with van der Waals surface area (Å²) in [7, 11) is 0. The molecule has 0 aliphatic rings. The van der Waals surface area contributed by atoms with Gasteiger partial charge in [-0.2, -0.15) is 0 Å². The van der Waals surface area contributed by atoms with E-state index in [1.807, 2.05) is 39.0 Å². The third-order valence-electron chi connectivity index (χ3n) is 1.58. The first-order valence-corrected chi connectivity index (χ1v) is 4.78. The zero-order valence-electron chi connectivity index (χ0n) is 9.19. The van der Waals surface area contributed by atoms with Crippen molar-refractivity contribution in [1.82, 2.24) is 0 Å². The Kier molecular flexibility index (Phi) is 6.63. The third kappa shape index (κ3) is 4.81. The summed E-state index contributed by atoms with van der Waals surface area (Å²) in [5.74, 6) is -0.447. The molecule has 4 nitrogen and oxygen atoms in total. The van der Waals surface area contributed by atoms with Crippen LogP contribution in [0.4, 0.5) is 5.69 Å². The second kappa shape index (κ2) is 7.55. The van der Waals surface area contributed by atoms with E-state index in [9.17, 15) is 4.79 Å². The maximum absolute atomic E-state index is 10.9. The molecular weight excluding hydrogens is 192 g/mol. The van der Waals surface area contributed by atoms with E-state index in [-0.39, 0.29) is 0 Å². The van der Waals surface area contributed by atoms with E-state index < -0.39 is 5.91 Å². The summed E-state index contributed by atoms with van der Waals surface area (Å²) in [6.07, 6.45) is 0.812. The lowest BCUT2D eigenvalue weighted by atomic mass is 10.2. The standard InChI is InChI=1S/C9H10N2O2.C2H6/c1-7-4-2-3-5-8(7)11-9(12)6-10-13;1-2/h2-6,13H,1H3,(H,11,12);1-2H3/b10-6+;. The van der Waals surface area contributed by atoms with Gasteiger partial charge in [0.2, 0.25) is 0 Å². The van der Waals surface area contributed by atoms with Gasteiger partial charge in [0.25, 0.3) is 5.91 Å². The molecule has 1 rings (SSSR count). The van der Waals surface area contributed by atoms with Gasteiger partial charge in [0.05, 0.1) is 0 Å². The first-order chi connectivity index (χ1) is 7.24. The lowest BCUT2D eigenvalue weighted by Crippen LogP contribution is -2.13. The summed E-state index contributed by atoms with van der Waals surface area (Å²) in [6.45, 7) is 5.88. The highest BCUT2D eigenvalue weighted by atomic mass is 16.4. The molecule has 0 atom stereocenters. The Bertz CT molecular complexity index is 335. The first-order valence-electron chi connectivity index (χ1n) is 4.78. The Morgan fingerprint density at radius 2 is 2.00 bits per heavy atom. The average Bonchev–Trinajstić information content (AvgIpc) is 2.25. The van der Waals surface area contributed by atoms with Crippen molar-refractivity contribution in [1.29, 1.82) is 0 Å². The fourth-order valence-corrected chi connectivity index (χ4v) is 0.931. The molecule has 82 valence electrons. The minimum Gasteiger partial charge on any atom is -0.411 e. The van der Waals surface area contributed by atoms with Gasteiger partial charge in [0, 0.05) is 5.69 Å². The molecule has 1 aromatic carbocycles. The number of amides is 1. The third-order valence-corrected chi connectivity index (χ3v) is 1.58. The van der Waals surface area contributed by atoms with Crippen molar-refractivity contribution in [2.45, 2.75) is 20.8 Å². The van der Waals surface area contributed by atoms with E-state index in [0.29, 0.717) is 5.69 Å². The smallest absolute Gasteiger partial charge is 0.270 e. The van der Waals surface area contributed by atoms with Crippen molar-refractivity contribution in [2.75, 3.05) is 5.32 Å². The van der Waals surface area contributed by atoms with Gasteiger partial charge >= 0.3 is 0 Å². The van der Waals surface area contributed by atoms with Crippen molar-refractivity contribution >= 4 is 17.8 Å². The summed E-state index contributed by atoms with van der Waals surface area (Å²) in [6, 6.07) is 7.36. The number of aryl methyl sites for hydroxylation is 1. The van der Waals surface area contributed by atoms with Crippen LogP contribution in [0.25, 0.3) is 0 Å². The van der Waals surface area contributed by atoms with Crippen LogP contribution in [0.1, 0.15) is 19.4 Å². The van der Waals surface area contributed by atoms with Gasteiger partial charge in [0.15, 0.2) is 0 Å². The normalized spacial score (nSPS) is 9.27. The SMILES string of the molecule is CC.Cc1ccccc1NC(=O)/C=N/O. The predicted octanol–water partition coefficient (Wildman–Crippen LogP) is 2.42. The number of benzene rings is 1. The van der Waals surface area contributed by atoms with Crippen LogP contribution in [0, 0.1) is 6.92 Å². The van der Waals surface area contributed by atoms with Crippen LogP contribution in [0.2, 0.25) is 0 Å². The number of anilines is 1. The van der Waals surface area contributed by atoms with Crippen molar-refractivity contribution < 1.29 is 10.0 Å². The minimum atomic E-state index is -0.447. The molecule has 0 saturated heterocycles.